The summed E-state index contributed by atoms with van der Waals surface area (Å²) in [5.74, 6) is -0.246. The number of amides is 3. The maximum absolute atomic E-state index is 13.0. The standard InChI is InChI=1S/C24H21ClN6O5/c25-17-6-7-18(28-14-17)31-21(32)19-20(27-9-8-26-19)22(31)36-24(34)30-12-10-29(11-13-30)23(33)35-15-16-4-2-1-3-5-16/h1-9,14,22H,10-13,15H2/t22-/m1/s1. The summed E-state index contributed by atoms with van der Waals surface area (Å²) in [5, 5.41) is 0.396. The van der Waals surface area contributed by atoms with Crippen LogP contribution in [0.2, 0.25) is 5.02 Å². The molecule has 3 aromatic rings. The Hall–Kier alpha value is -4.25. The maximum Gasteiger partial charge on any atom is 0.412 e. The average molecular weight is 509 g/mol. The van der Waals surface area contributed by atoms with Crippen molar-refractivity contribution < 1.29 is 23.9 Å². The number of pyridine rings is 1. The fourth-order valence-corrected chi connectivity index (χ4v) is 4.04. The van der Waals surface area contributed by atoms with Gasteiger partial charge in [0.15, 0.2) is 5.69 Å². The third-order valence-corrected chi connectivity index (χ3v) is 6.01. The summed E-state index contributed by atoms with van der Waals surface area (Å²) >= 11 is 5.93. The zero-order valence-electron chi connectivity index (χ0n) is 19.0. The zero-order valence-corrected chi connectivity index (χ0v) is 19.7. The first-order valence-corrected chi connectivity index (χ1v) is 11.6. The van der Waals surface area contributed by atoms with E-state index in [-0.39, 0.29) is 50.0 Å². The minimum absolute atomic E-state index is 0.0815. The van der Waals surface area contributed by atoms with Crippen LogP contribution >= 0.6 is 11.6 Å². The van der Waals surface area contributed by atoms with Gasteiger partial charge in [0.05, 0.1) is 5.02 Å². The maximum atomic E-state index is 13.0. The van der Waals surface area contributed by atoms with Crippen molar-refractivity contribution in [3.05, 3.63) is 83.0 Å². The number of halogens is 1. The Morgan fingerprint density at radius 3 is 2.31 bits per heavy atom. The molecule has 0 saturated carbocycles. The Morgan fingerprint density at radius 2 is 1.61 bits per heavy atom. The first-order valence-electron chi connectivity index (χ1n) is 11.2. The van der Waals surface area contributed by atoms with Crippen molar-refractivity contribution in [2.45, 2.75) is 12.8 Å². The molecule has 1 atom stereocenters. The third-order valence-electron chi connectivity index (χ3n) is 5.79. The molecule has 4 heterocycles. The molecule has 0 radical (unpaired) electrons. The van der Waals surface area contributed by atoms with Gasteiger partial charge in [0.2, 0.25) is 6.23 Å². The van der Waals surface area contributed by atoms with Crippen molar-refractivity contribution in [1.29, 1.82) is 0 Å². The number of carbonyl (C=O) groups is 3. The van der Waals surface area contributed by atoms with Crippen LogP contribution in [0.25, 0.3) is 0 Å². The lowest BCUT2D eigenvalue weighted by Crippen LogP contribution is -2.51. The van der Waals surface area contributed by atoms with Gasteiger partial charge < -0.3 is 19.3 Å². The van der Waals surface area contributed by atoms with E-state index in [1.165, 1.54) is 33.3 Å². The van der Waals surface area contributed by atoms with E-state index in [9.17, 15) is 14.4 Å². The van der Waals surface area contributed by atoms with E-state index in [4.69, 9.17) is 21.1 Å². The van der Waals surface area contributed by atoms with Gasteiger partial charge in [-0.05, 0) is 17.7 Å². The number of rotatable bonds is 4. The Labute approximate surface area is 211 Å². The lowest BCUT2D eigenvalue weighted by atomic mass is 10.2. The highest BCUT2D eigenvalue weighted by Crippen LogP contribution is 2.35. The molecule has 11 nitrogen and oxygen atoms in total. The van der Waals surface area contributed by atoms with Crippen molar-refractivity contribution in [1.82, 2.24) is 24.8 Å². The fraction of sp³-hybridized carbons (Fsp3) is 0.250. The average Bonchev–Trinajstić information content (AvgIpc) is 3.19. The molecule has 2 aliphatic heterocycles. The number of carbonyl (C=O) groups excluding carboxylic acids is 3. The van der Waals surface area contributed by atoms with Gasteiger partial charge in [-0.2, -0.15) is 0 Å². The highest BCUT2D eigenvalue weighted by molar-refractivity contribution is 6.30. The number of nitrogens with zero attached hydrogens (tertiary/aromatic N) is 6. The van der Waals surface area contributed by atoms with Crippen molar-refractivity contribution in [2.24, 2.45) is 0 Å². The Balaban J connectivity index is 1.22. The highest BCUT2D eigenvalue weighted by atomic mass is 35.5. The van der Waals surface area contributed by atoms with Crippen LogP contribution < -0.4 is 4.90 Å². The molecular formula is C24H21ClN6O5. The van der Waals surface area contributed by atoms with Crippen molar-refractivity contribution in [3.63, 3.8) is 0 Å². The summed E-state index contributed by atoms with van der Waals surface area (Å²) in [5.41, 5.74) is 1.19. The molecule has 2 aromatic heterocycles. The quantitative estimate of drug-likeness (QED) is 0.527. The lowest BCUT2D eigenvalue weighted by Gasteiger charge is -2.34. The molecular weight excluding hydrogens is 488 g/mol. The number of hydrogen-bond donors (Lipinski definition) is 0. The molecule has 2 aliphatic rings. The smallest absolute Gasteiger partial charge is 0.412 e. The van der Waals surface area contributed by atoms with Crippen LogP contribution in [-0.2, 0) is 16.1 Å². The van der Waals surface area contributed by atoms with Gasteiger partial charge in [-0.25, -0.2) is 24.5 Å². The number of piperazine rings is 1. The van der Waals surface area contributed by atoms with E-state index in [1.54, 1.807) is 12.1 Å². The molecule has 0 unspecified atom stereocenters. The number of benzene rings is 1. The van der Waals surface area contributed by atoms with Crippen LogP contribution in [0.1, 0.15) is 28.0 Å². The molecule has 0 N–H and O–H groups in total. The van der Waals surface area contributed by atoms with E-state index < -0.39 is 24.3 Å². The van der Waals surface area contributed by atoms with Crippen LogP contribution in [0.4, 0.5) is 15.4 Å². The Bertz CT molecular complexity index is 1270. The lowest BCUT2D eigenvalue weighted by molar-refractivity contribution is 0.0384. The summed E-state index contributed by atoms with van der Waals surface area (Å²) in [4.78, 5) is 55.2. The molecule has 0 spiro atoms. The molecule has 3 amide bonds. The molecule has 1 saturated heterocycles. The molecule has 5 rings (SSSR count). The molecule has 12 heteroatoms. The van der Waals surface area contributed by atoms with Gasteiger partial charge in [0.25, 0.3) is 5.91 Å². The topological polar surface area (TPSA) is 118 Å². The summed E-state index contributed by atoms with van der Waals surface area (Å²) in [6.45, 7) is 1.22. The number of anilines is 1. The largest absolute Gasteiger partial charge is 0.445 e. The molecule has 36 heavy (non-hydrogen) atoms. The first kappa shape index (κ1) is 23.5. The fourth-order valence-electron chi connectivity index (χ4n) is 3.93. The Kier molecular flexibility index (Phi) is 6.63. The minimum atomic E-state index is -1.14. The Morgan fingerprint density at radius 1 is 0.917 bits per heavy atom. The predicted octanol–water partition coefficient (Wildman–Crippen LogP) is 3.28. The molecule has 1 aromatic carbocycles. The molecule has 1 fully saturated rings. The second-order valence-electron chi connectivity index (χ2n) is 8.05. The van der Waals surface area contributed by atoms with Gasteiger partial charge in [-0.3, -0.25) is 9.78 Å². The zero-order chi connectivity index (χ0) is 25.1. The van der Waals surface area contributed by atoms with Crippen LogP contribution in [0.15, 0.2) is 61.1 Å². The van der Waals surface area contributed by atoms with Crippen LogP contribution in [0.5, 0.6) is 0 Å². The second kappa shape index (κ2) is 10.2. The number of fused-ring (bicyclic) bond motifs is 1. The van der Waals surface area contributed by atoms with Gasteiger partial charge in [0, 0.05) is 44.8 Å². The van der Waals surface area contributed by atoms with Gasteiger partial charge in [-0.15, -0.1) is 0 Å². The van der Waals surface area contributed by atoms with E-state index in [0.717, 1.165) is 5.56 Å². The summed E-state index contributed by atoms with van der Waals surface area (Å²) < 4.78 is 11.1. The third kappa shape index (κ3) is 4.78. The van der Waals surface area contributed by atoms with Gasteiger partial charge >= 0.3 is 12.2 Å². The number of ether oxygens (including phenoxy) is 2. The normalized spacial score (nSPS) is 17.1. The highest BCUT2D eigenvalue weighted by Gasteiger charge is 2.44. The molecule has 0 aliphatic carbocycles. The van der Waals surface area contributed by atoms with Crippen LogP contribution in [0.3, 0.4) is 0 Å². The van der Waals surface area contributed by atoms with Crippen LogP contribution in [0, 0.1) is 0 Å². The van der Waals surface area contributed by atoms with E-state index in [0.29, 0.717) is 5.02 Å². The summed E-state index contributed by atoms with van der Waals surface area (Å²) in [7, 11) is 0. The van der Waals surface area contributed by atoms with E-state index in [2.05, 4.69) is 15.0 Å². The predicted molar refractivity (Wildman–Crippen MR) is 127 cm³/mol. The van der Waals surface area contributed by atoms with E-state index >= 15 is 0 Å². The molecule has 184 valence electrons. The first-order chi connectivity index (χ1) is 17.5. The van der Waals surface area contributed by atoms with Gasteiger partial charge in [0.1, 0.15) is 18.1 Å². The summed E-state index contributed by atoms with van der Waals surface area (Å²) in [6, 6.07) is 12.5. The minimum Gasteiger partial charge on any atom is -0.445 e. The number of hydrogen-bond acceptors (Lipinski definition) is 8. The molecule has 0 bridgehead atoms. The number of aromatic nitrogens is 3. The van der Waals surface area contributed by atoms with Crippen molar-refractivity contribution in [3.8, 4) is 0 Å². The van der Waals surface area contributed by atoms with Crippen molar-refractivity contribution in [2.75, 3.05) is 31.1 Å². The SMILES string of the molecule is O=C(OCc1ccccc1)N1CCN(C(=O)O[C@@H]2c3nccnc3C(=O)N2c2ccc(Cl)cn2)CC1. The van der Waals surface area contributed by atoms with Crippen LogP contribution in [-0.4, -0.2) is 69.0 Å². The summed E-state index contributed by atoms with van der Waals surface area (Å²) in [6.07, 6.45) is 1.97. The monoisotopic (exact) mass is 508 g/mol. The van der Waals surface area contributed by atoms with Crippen molar-refractivity contribution >= 4 is 35.5 Å². The second-order valence-corrected chi connectivity index (χ2v) is 8.49. The van der Waals surface area contributed by atoms with E-state index in [1.807, 2.05) is 30.3 Å². The van der Waals surface area contributed by atoms with Gasteiger partial charge in [-0.1, -0.05) is 41.9 Å².